The number of halogens is 2. The normalized spacial score (nSPS) is 10.3. The molecule has 0 amide bonds. The summed E-state index contributed by atoms with van der Waals surface area (Å²) in [4.78, 5) is 11.6. The number of benzene rings is 1. The third kappa shape index (κ3) is 3.63. The van der Waals surface area contributed by atoms with Crippen molar-refractivity contribution in [2.24, 2.45) is 0 Å². The first-order valence-corrected chi connectivity index (χ1v) is 5.51. The van der Waals surface area contributed by atoms with Crippen molar-refractivity contribution < 1.29 is 9.18 Å². The van der Waals surface area contributed by atoms with Crippen molar-refractivity contribution in [2.45, 2.75) is 32.6 Å². The van der Waals surface area contributed by atoms with Gasteiger partial charge in [-0.05, 0) is 24.6 Å². The van der Waals surface area contributed by atoms with Crippen LogP contribution in [0.2, 0.25) is 5.02 Å². The van der Waals surface area contributed by atoms with Crippen molar-refractivity contribution in [3.8, 4) is 0 Å². The molecule has 15 heavy (non-hydrogen) atoms. The molecule has 0 heterocycles. The highest BCUT2D eigenvalue weighted by atomic mass is 35.5. The van der Waals surface area contributed by atoms with E-state index >= 15 is 0 Å². The van der Waals surface area contributed by atoms with E-state index in [2.05, 4.69) is 6.92 Å². The summed E-state index contributed by atoms with van der Waals surface area (Å²) < 4.78 is 12.7. The lowest BCUT2D eigenvalue weighted by Crippen LogP contribution is -2.00. The third-order valence-electron chi connectivity index (χ3n) is 2.24. The van der Waals surface area contributed by atoms with Gasteiger partial charge in [-0.15, -0.1) is 0 Å². The summed E-state index contributed by atoms with van der Waals surface area (Å²) in [5, 5.41) is 0.205. The van der Waals surface area contributed by atoms with Crippen molar-refractivity contribution >= 4 is 17.4 Å². The Morgan fingerprint density at radius 3 is 2.73 bits per heavy atom. The van der Waals surface area contributed by atoms with Gasteiger partial charge in [0.2, 0.25) is 0 Å². The quantitative estimate of drug-likeness (QED) is 0.544. The second kappa shape index (κ2) is 5.86. The summed E-state index contributed by atoms with van der Waals surface area (Å²) in [6, 6.07) is 3.89. The average molecular weight is 229 g/mol. The Kier molecular flexibility index (Phi) is 4.76. The molecule has 1 aromatic rings. The van der Waals surface area contributed by atoms with E-state index in [-0.39, 0.29) is 10.8 Å². The lowest BCUT2D eigenvalue weighted by atomic mass is 10.0. The van der Waals surface area contributed by atoms with Crippen LogP contribution < -0.4 is 0 Å². The van der Waals surface area contributed by atoms with Gasteiger partial charge in [-0.3, -0.25) is 4.79 Å². The summed E-state index contributed by atoms with van der Waals surface area (Å²) >= 11 is 5.78. The van der Waals surface area contributed by atoms with Crippen molar-refractivity contribution in [3.05, 3.63) is 34.6 Å². The second-order valence-electron chi connectivity index (χ2n) is 3.50. The molecular weight excluding hydrogens is 215 g/mol. The molecule has 82 valence electrons. The molecule has 1 nitrogen and oxygen atoms in total. The first-order valence-electron chi connectivity index (χ1n) is 5.13. The van der Waals surface area contributed by atoms with Crippen LogP contribution in [0.25, 0.3) is 0 Å². The first-order chi connectivity index (χ1) is 7.15. The lowest BCUT2D eigenvalue weighted by molar-refractivity contribution is 0.0979. The van der Waals surface area contributed by atoms with Gasteiger partial charge in [0.25, 0.3) is 0 Å². The SMILES string of the molecule is CCCCCC(=O)c1ccc(F)cc1Cl. The molecule has 0 aromatic heterocycles. The van der Waals surface area contributed by atoms with Crippen LogP contribution in [-0.2, 0) is 0 Å². The molecule has 0 unspecified atom stereocenters. The summed E-state index contributed by atoms with van der Waals surface area (Å²) in [7, 11) is 0. The van der Waals surface area contributed by atoms with E-state index in [1.54, 1.807) is 0 Å². The van der Waals surface area contributed by atoms with Crippen molar-refractivity contribution in [1.29, 1.82) is 0 Å². The Morgan fingerprint density at radius 2 is 2.13 bits per heavy atom. The Hall–Kier alpha value is -0.890. The molecule has 0 saturated heterocycles. The number of Topliss-reactive ketones (excluding diaryl/α,β-unsaturated/α-hetero) is 1. The molecule has 0 atom stereocenters. The fraction of sp³-hybridized carbons (Fsp3) is 0.417. The van der Waals surface area contributed by atoms with Gasteiger partial charge in [0.1, 0.15) is 5.82 Å². The van der Waals surface area contributed by atoms with Crippen molar-refractivity contribution in [1.82, 2.24) is 0 Å². The molecule has 0 fully saturated rings. The smallest absolute Gasteiger partial charge is 0.164 e. The maximum atomic E-state index is 12.7. The van der Waals surface area contributed by atoms with E-state index in [1.807, 2.05) is 0 Å². The summed E-state index contributed by atoms with van der Waals surface area (Å²) in [6.45, 7) is 2.08. The van der Waals surface area contributed by atoms with Crippen molar-refractivity contribution in [2.75, 3.05) is 0 Å². The highest BCUT2D eigenvalue weighted by molar-refractivity contribution is 6.33. The minimum absolute atomic E-state index is 0.00606. The standard InChI is InChI=1S/C12H14ClFO/c1-2-3-4-5-12(15)10-7-6-9(14)8-11(10)13/h6-8H,2-5H2,1H3. The highest BCUT2D eigenvalue weighted by Crippen LogP contribution is 2.19. The minimum Gasteiger partial charge on any atom is -0.294 e. The summed E-state index contributed by atoms with van der Waals surface area (Å²) in [6.07, 6.45) is 3.46. The van der Waals surface area contributed by atoms with Crippen LogP contribution in [0.15, 0.2) is 18.2 Å². The molecule has 0 aliphatic rings. The van der Waals surface area contributed by atoms with Gasteiger partial charge in [-0.25, -0.2) is 4.39 Å². The number of hydrogen-bond acceptors (Lipinski definition) is 1. The monoisotopic (exact) mass is 228 g/mol. The maximum Gasteiger partial charge on any atom is 0.164 e. The fourth-order valence-electron chi connectivity index (χ4n) is 1.39. The van der Waals surface area contributed by atoms with Gasteiger partial charge in [0, 0.05) is 12.0 Å². The summed E-state index contributed by atoms with van der Waals surface area (Å²) in [5.41, 5.74) is 0.425. The van der Waals surface area contributed by atoms with Gasteiger partial charge in [-0.2, -0.15) is 0 Å². The Balaban J connectivity index is 2.65. The predicted molar refractivity (Wildman–Crippen MR) is 59.9 cm³/mol. The van der Waals surface area contributed by atoms with E-state index in [4.69, 9.17) is 11.6 Å². The zero-order valence-corrected chi connectivity index (χ0v) is 9.48. The van der Waals surface area contributed by atoms with Crippen LogP contribution in [0.1, 0.15) is 43.0 Å². The fourth-order valence-corrected chi connectivity index (χ4v) is 1.66. The van der Waals surface area contributed by atoms with Gasteiger partial charge < -0.3 is 0 Å². The topological polar surface area (TPSA) is 17.1 Å². The maximum absolute atomic E-state index is 12.7. The second-order valence-corrected chi connectivity index (χ2v) is 3.91. The zero-order chi connectivity index (χ0) is 11.3. The zero-order valence-electron chi connectivity index (χ0n) is 8.72. The summed E-state index contributed by atoms with van der Waals surface area (Å²) in [5.74, 6) is -0.418. The molecule has 1 aromatic carbocycles. The van der Waals surface area contributed by atoms with Crippen LogP contribution >= 0.6 is 11.6 Å². The molecular formula is C12H14ClFO. The van der Waals surface area contributed by atoms with Crippen LogP contribution in [0, 0.1) is 5.82 Å². The van der Waals surface area contributed by atoms with Gasteiger partial charge >= 0.3 is 0 Å². The molecule has 3 heteroatoms. The van der Waals surface area contributed by atoms with Gasteiger partial charge in [-0.1, -0.05) is 31.4 Å². The number of carbonyl (C=O) groups is 1. The van der Waals surface area contributed by atoms with E-state index in [0.717, 1.165) is 19.3 Å². The van der Waals surface area contributed by atoms with Gasteiger partial charge in [0.15, 0.2) is 5.78 Å². The van der Waals surface area contributed by atoms with E-state index in [0.29, 0.717) is 12.0 Å². The van der Waals surface area contributed by atoms with Crippen LogP contribution in [0.4, 0.5) is 4.39 Å². The van der Waals surface area contributed by atoms with E-state index in [1.165, 1.54) is 18.2 Å². The molecule has 1 rings (SSSR count). The number of hydrogen-bond donors (Lipinski definition) is 0. The molecule has 0 N–H and O–H groups in total. The third-order valence-corrected chi connectivity index (χ3v) is 2.55. The molecule has 0 radical (unpaired) electrons. The number of rotatable bonds is 5. The molecule has 0 bridgehead atoms. The Labute approximate surface area is 94.3 Å². The minimum atomic E-state index is -0.412. The number of carbonyl (C=O) groups excluding carboxylic acids is 1. The number of ketones is 1. The Morgan fingerprint density at radius 1 is 1.40 bits per heavy atom. The molecule has 0 spiro atoms. The van der Waals surface area contributed by atoms with Crippen LogP contribution in [0.5, 0.6) is 0 Å². The van der Waals surface area contributed by atoms with E-state index in [9.17, 15) is 9.18 Å². The average Bonchev–Trinajstić information content (AvgIpc) is 2.17. The van der Waals surface area contributed by atoms with Crippen molar-refractivity contribution in [3.63, 3.8) is 0 Å². The van der Waals surface area contributed by atoms with E-state index < -0.39 is 5.82 Å². The highest BCUT2D eigenvalue weighted by Gasteiger charge is 2.10. The van der Waals surface area contributed by atoms with Gasteiger partial charge in [0.05, 0.1) is 5.02 Å². The molecule has 0 aliphatic heterocycles. The van der Waals surface area contributed by atoms with Crippen LogP contribution in [-0.4, -0.2) is 5.78 Å². The molecule has 0 saturated carbocycles. The Bertz CT molecular complexity index is 349. The lowest BCUT2D eigenvalue weighted by Gasteiger charge is -2.03. The molecule has 0 aliphatic carbocycles. The predicted octanol–water partition coefficient (Wildman–Crippen LogP) is 4.24. The largest absolute Gasteiger partial charge is 0.294 e. The number of unbranched alkanes of at least 4 members (excludes halogenated alkanes) is 2. The first kappa shape index (κ1) is 12.2. The van der Waals surface area contributed by atoms with Crippen LogP contribution in [0.3, 0.4) is 0 Å².